The number of hydrogen-bond acceptors (Lipinski definition) is 4. The highest BCUT2D eigenvalue weighted by Gasteiger charge is 2.14. The van der Waals surface area contributed by atoms with E-state index in [0.717, 1.165) is 17.9 Å². The second-order valence-electron chi connectivity index (χ2n) is 6.05. The van der Waals surface area contributed by atoms with E-state index in [9.17, 15) is 17.6 Å². The van der Waals surface area contributed by atoms with Gasteiger partial charge in [0, 0.05) is 11.3 Å². The highest BCUT2D eigenvalue weighted by atomic mass is 32.2. The number of ether oxygens (including phenoxy) is 1. The van der Waals surface area contributed by atoms with Gasteiger partial charge < -0.3 is 10.1 Å². The molecule has 150 valence electrons. The molecule has 3 rings (SSSR count). The monoisotopic (exact) mass is 414 g/mol. The number of hydrogen-bond donors (Lipinski definition) is 2. The molecular formula is C21H19FN2O4S. The normalized spacial score (nSPS) is 10.9. The van der Waals surface area contributed by atoms with Crippen molar-refractivity contribution in [2.75, 3.05) is 17.9 Å². The van der Waals surface area contributed by atoms with Crippen LogP contribution in [0, 0.1) is 5.82 Å². The summed E-state index contributed by atoms with van der Waals surface area (Å²) in [6.07, 6.45) is 0. The Morgan fingerprint density at radius 3 is 2.21 bits per heavy atom. The summed E-state index contributed by atoms with van der Waals surface area (Å²) in [4.78, 5) is 12.1. The quantitative estimate of drug-likeness (QED) is 0.553. The smallest absolute Gasteiger partial charge is 0.261 e. The third-order valence-corrected chi connectivity index (χ3v) is 5.32. The van der Waals surface area contributed by atoms with Crippen LogP contribution in [0.3, 0.4) is 0 Å². The number of anilines is 1. The molecule has 29 heavy (non-hydrogen) atoms. The predicted molar refractivity (Wildman–Crippen MR) is 108 cm³/mol. The lowest BCUT2D eigenvalue weighted by molar-refractivity contribution is 0.0947. The van der Waals surface area contributed by atoms with Crippen molar-refractivity contribution in [2.24, 2.45) is 0 Å². The Hall–Kier alpha value is -3.39. The molecule has 8 heteroatoms. The van der Waals surface area contributed by atoms with E-state index in [-0.39, 0.29) is 10.8 Å². The molecule has 0 atom stereocenters. The summed E-state index contributed by atoms with van der Waals surface area (Å²) in [6.45, 7) is 0.651. The minimum absolute atomic E-state index is 0.0564. The standard InChI is InChI=1S/C21H19FN2O4S/c22-17-8-12-20(13-9-17)29(26,27)24-18-10-6-16(7-11-18)21(25)23-14-15-28-19-4-2-1-3-5-19/h1-13,24H,14-15H2,(H,23,25). The van der Waals surface area contributed by atoms with E-state index in [0.29, 0.717) is 24.4 Å². The molecule has 0 fully saturated rings. The van der Waals surface area contributed by atoms with Gasteiger partial charge in [-0.1, -0.05) is 18.2 Å². The van der Waals surface area contributed by atoms with E-state index in [2.05, 4.69) is 10.0 Å². The van der Waals surface area contributed by atoms with Crippen LogP contribution >= 0.6 is 0 Å². The Morgan fingerprint density at radius 1 is 0.897 bits per heavy atom. The molecular weight excluding hydrogens is 395 g/mol. The number of carbonyl (C=O) groups is 1. The molecule has 3 aromatic carbocycles. The molecule has 1 amide bonds. The lowest BCUT2D eigenvalue weighted by Crippen LogP contribution is -2.28. The molecule has 3 aromatic rings. The maximum absolute atomic E-state index is 13.0. The zero-order valence-electron chi connectivity index (χ0n) is 15.3. The zero-order valence-corrected chi connectivity index (χ0v) is 16.2. The summed E-state index contributed by atoms with van der Waals surface area (Å²) >= 11 is 0. The molecule has 0 aromatic heterocycles. The molecule has 0 aliphatic heterocycles. The first-order valence-electron chi connectivity index (χ1n) is 8.78. The zero-order chi connectivity index (χ0) is 20.7. The minimum Gasteiger partial charge on any atom is -0.492 e. The Kier molecular flexibility index (Phi) is 6.46. The van der Waals surface area contributed by atoms with Gasteiger partial charge in [-0.15, -0.1) is 0 Å². The van der Waals surface area contributed by atoms with Crippen molar-refractivity contribution in [2.45, 2.75) is 4.90 Å². The van der Waals surface area contributed by atoms with Crippen LogP contribution < -0.4 is 14.8 Å². The van der Waals surface area contributed by atoms with Crippen molar-refractivity contribution in [1.82, 2.24) is 5.32 Å². The second-order valence-corrected chi connectivity index (χ2v) is 7.74. The van der Waals surface area contributed by atoms with Gasteiger partial charge in [0.05, 0.1) is 11.4 Å². The number of amides is 1. The summed E-state index contributed by atoms with van der Waals surface area (Å²) in [7, 11) is -3.84. The maximum Gasteiger partial charge on any atom is 0.261 e. The van der Waals surface area contributed by atoms with Crippen molar-refractivity contribution in [3.05, 3.63) is 90.2 Å². The number of rotatable bonds is 8. The minimum atomic E-state index is -3.84. The van der Waals surface area contributed by atoms with Crippen LogP contribution in [0.15, 0.2) is 83.8 Å². The van der Waals surface area contributed by atoms with E-state index >= 15 is 0 Å². The van der Waals surface area contributed by atoms with Crippen LogP contribution in [0.4, 0.5) is 10.1 Å². The van der Waals surface area contributed by atoms with Crippen molar-refractivity contribution < 1.29 is 22.3 Å². The number of nitrogens with one attached hydrogen (secondary N) is 2. The number of carbonyl (C=O) groups excluding carboxylic acids is 1. The van der Waals surface area contributed by atoms with Gasteiger partial charge in [0.1, 0.15) is 18.2 Å². The van der Waals surface area contributed by atoms with Crippen LogP contribution in [0.25, 0.3) is 0 Å². The number of benzene rings is 3. The molecule has 0 aliphatic rings. The third-order valence-electron chi connectivity index (χ3n) is 3.92. The van der Waals surface area contributed by atoms with Gasteiger partial charge in [-0.05, 0) is 60.7 Å². The molecule has 6 nitrogen and oxygen atoms in total. The van der Waals surface area contributed by atoms with Gasteiger partial charge in [0.2, 0.25) is 0 Å². The van der Waals surface area contributed by atoms with Crippen LogP contribution in [0.5, 0.6) is 5.75 Å². The number of halogens is 1. The van der Waals surface area contributed by atoms with Gasteiger partial charge in [0.15, 0.2) is 0 Å². The molecule has 0 saturated heterocycles. The average Bonchev–Trinajstić information content (AvgIpc) is 2.72. The molecule has 0 saturated carbocycles. The van der Waals surface area contributed by atoms with Gasteiger partial charge in [-0.25, -0.2) is 12.8 Å². The van der Waals surface area contributed by atoms with Crippen LogP contribution in [0.2, 0.25) is 0 Å². The topological polar surface area (TPSA) is 84.5 Å². The molecule has 0 radical (unpaired) electrons. The molecule has 0 bridgehead atoms. The first-order valence-corrected chi connectivity index (χ1v) is 10.3. The summed E-state index contributed by atoms with van der Waals surface area (Å²) in [5, 5.41) is 2.73. The fraction of sp³-hybridized carbons (Fsp3) is 0.0952. The Balaban J connectivity index is 1.52. The fourth-order valence-corrected chi connectivity index (χ4v) is 3.53. The predicted octanol–water partition coefficient (Wildman–Crippen LogP) is 3.44. The van der Waals surface area contributed by atoms with Crippen LogP contribution in [-0.2, 0) is 10.0 Å². The van der Waals surface area contributed by atoms with E-state index in [1.807, 2.05) is 30.3 Å². The summed E-state index contributed by atoms with van der Waals surface area (Å²) in [6, 6.07) is 19.7. The van der Waals surface area contributed by atoms with Crippen LogP contribution in [-0.4, -0.2) is 27.5 Å². The van der Waals surface area contributed by atoms with E-state index in [4.69, 9.17) is 4.74 Å². The highest BCUT2D eigenvalue weighted by Crippen LogP contribution is 2.17. The Labute approximate surface area is 168 Å². The average molecular weight is 414 g/mol. The first-order chi connectivity index (χ1) is 13.9. The summed E-state index contributed by atoms with van der Waals surface area (Å²) in [5.41, 5.74) is 0.674. The van der Waals surface area contributed by atoms with Gasteiger partial charge in [-0.3, -0.25) is 9.52 Å². The van der Waals surface area contributed by atoms with Crippen molar-refractivity contribution in [3.63, 3.8) is 0 Å². The van der Waals surface area contributed by atoms with Gasteiger partial charge in [0.25, 0.3) is 15.9 Å². The highest BCUT2D eigenvalue weighted by molar-refractivity contribution is 7.92. The molecule has 0 unspecified atom stereocenters. The van der Waals surface area contributed by atoms with Crippen molar-refractivity contribution >= 4 is 21.6 Å². The van der Waals surface area contributed by atoms with E-state index < -0.39 is 15.8 Å². The molecule has 0 aliphatic carbocycles. The Bertz CT molecular complexity index is 1050. The first kappa shape index (κ1) is 20.3. The molecule has 0 heterocycles. The molecule has 0 spiro atoms. The van der Waals surface area contributed by atoms with Crippen molar-refractivity contribution in [3.8, 4) is 5.75 Å². The fourth-order valence-electron chi connectivity index (χ4n) is 2.47. The summed E-state index contributed by atoms with van der Waals surface area (Å²) < 4.78 is 45.4. The van der Waals surface area contributed by atoms with E-state index in [1.165, 1.54) is 36.4 Å². The largest absolute Gasteiger partial charge is 0.492 e. The lowest BCUT2D eigenvalue weighted by atomic mass is 10.2. The third kappa shape index (κ3) is 5.79. The maximum atomic E-state index is 13.0. The lowest BCUT2D eigenvalue weighted by Gasteiger charge is -2.10. The number of sulfonamides is 1. The second kappa shape index (κ2) is 9.20. The Morgan fingerprint density at radius 2 is 1.55 bits per heavy atom. The number of para-hydroxylation sites is 1. The van der Waals surface area contributed by atoms with Gasteiger partial charge in [-0.2, -0.15) is 0 Å². The summed E-state index contributed by atoms with van der Waals surface area (Å²) in [5.74, 6) is -0.0948. The van der Waals surface area contributed by atoms with Crippen molar-refractivity contribution in [1.29, 1.82) is 0 Å². The van der Waals surface area contributed by atoms with Gasteiger partial charge >= 0.3 is 0 Å². The van der Waals surface area contributed by atoms with E-state index in [1.54, 1.807) is 0 Å². The van der Waals surface area contributed by atoms with Crippen LogP contribution in [0.1, 0.15) is 10.4 Å². The SMILES string of the molecule is O=C(NCCOc1ccccc1)c1ccc(NS(=O)(=O)c2ccc(F)cc2)cc1. The molecule has 2 N–H and O–H groups in total.